The minimum atomic E-state index is -3.86. The molecule has 0 atom stereocenters. The highest BCUT2D eigenvalue weighted by Crippen LogP contribution is 2.30. The topological polar surface area (TPSA) is 157 Å². The average molecular weight is 501 g/mol. The van der Waals surface area contributed by atoms with Crippen LogP contribution in [0.5, 0.6) is 0 Å². The van der Waals surface area contributed by atoms with E-state index in [2.05, 4.69) is 19.7 Å². The second-order valence-electron chi connectivity index (χ2n) is 7.83. The van der Waals surface area contributed by atoms with Crippen LogP contribution in [0.25, 0.3) is 22.2 Å². The number of carbonyl (C=O) groups excluding carboxylic acids is 1. The van der Waals surface area contributed by atoms with Crippen LogP contribution >= 0.6 is 0 Å². The minimum Gasteiger partial charge on any atom is -0.383 e. The van der Waals surface area contributed by atoms with Gasteiger partial charge < -0.3 is 16.5 Å². The number of hydrogen-bond acceptors (Lipinski definition) is 7. The molecule has 0 aliphatic carbocycles. The second kappa shape index (κ2) is 9.39. The summed E-state index contributed by atoms with van der Waals surface area (Å²) in [5, 5.41) is 0.314. The molecule has 3 heterocycles. The summed E-state index contributed by atoms with van der Waals surface area (Å²) in [5.74, 6) is -3.36. The fourth-order valence-electron chi connectivity index (χ4n) is 3.65. The summed E-state index contributed by atoms with van der Waals surface area (Å²) >= 11 is 0. The molecule has 35 heavy (non-hydrogen) atoms. The van der Waals surface area contributed by atoms with Crippen LogP contribution in [-0.4, -0.2) is 34.9 Å². The maximum atomic E-state index is 15.2. The van der Waals surface area contributed by atoms with Gasteiger partial charge in [0.25, 0.3) is 0 Å². The van der Waals surface area contributed by atoms with Crippen molar-refractivity contribution in [1.29, 1.82) is 0 Å². The summed E-state index contributed by atoms with van der Waals surface area (Å²) in [7, 11) is -3.86. The molecule has 0 amide bonds. The molecule has 9 nitrogen and oxygen atoms in total. The third kappa shape index (κ3) is 4.70. The number of hydrogen-bond donors (Lipinski definition) is 4. The number of nitrogens with zero attached hydrogens (tertiary/aromatic N) is 2. The molecule has 0 saturated carbocycles. The van der Waals surface area contributed by atoms with E-state index in [0.717, 1.165) is 12.1 Å². The zero-order chi connectivity index (χ0) is 25.3. The van der Waals surface area contributed by atoms with Crippen molar-refractivity contribution in [3.63, 3.8) is 0 Å². The monoisotopic (exact) mass is 500 g/mol. The van der Waals surface area contributed by atoms with Crippen LogP contribution in [0, 0.1) is 11.6 Å². The molecule has 12 heteroatoms. The zero-order valence-corrected chi connectivity index (χ0v) is 19.4. The number of aromatic nitrogens is 3. The molecule has 182 valence electrons. The molecule has 0 bridgehead atoms. The van der Waals surface area contributed by atoms with Crippen molar-refractivity contribution in [3.05, 3.63) is 71.2 Å². The first-order valence-corrected chi connectivity index (χ1v) is 12.3. The SMILES string of the molecule is CCCS(=O)(=O)Nc1ccc(F)c(C(=O)c2c[nH]c3ncc(-c4cnc(N)c(CN)c4)cc23)c1F. The highest BCUT2D eigenvalue weighted by Gasteiger charge is 2.26. The number of benzene rings is 1. The number of rotatable bonds is 8. The second-order valence-corrected chi connectivity index (χ2v) is 9.67. The Morgan fingerprint density at radius 2 is 1.86 bits per heavy atom. The van der Waals surface area contributed by atoms with Crippen molar-refractivity contribution in [2.75, 3.05) is 16.2 Å². The van der Waals surface area contributed by atoms with Crippen LogP contribution in [0.4, 0.5) is 20.3 Å². The van der Waals surface area contributed by atoms with E-state index < -0.39 is 38.7 Å². The van der Waals surface area contributed by atoms with Gasteiger partial charge in [0.05, 0.1) is 17.0 Å². The molecule has 0 aliphatic heterocycles. The van der Waals surface area contributed by atoms with Crippen LogP contribution < -0.4 is 16.2 Å². The number of nitrogens with one attached hydrogen (secondary N) is 2. The van der Waals surface area contributed by atoms with Crippen LogP contribution in [0.3, 0.4) is 0 Å². The molecule has 4 rings (SSSR count). The van der Waals surface area contributed by atoms with E-state index in [1.807, 2.05) is 0 Å². The Kier molecular flexibility index (Phi) is 6.50. The molecule has 0 fully saturated rings. The van der Waals surface area contributed by atoms with Gasteiger partial charge in [0.1, 0.15) is 17.3 Å². The fraction of sp³-hybridized carbons (Fsp3) is 0.174. The smallest absolute Gasteiger partial charge is 0.232 e. The lowest BCUT2D eigenvalue weighted by Gasteiger charge is -2.11. The molecule has 1 aromatic carbocycles. The van der Waals surface area contributed by atoms with E-state index in [9.17, 15) is 17.6 Å². The fourth-order valence-corrected chi connectivity index (χ4v) is 4.79. The molecule has 0 unspecified atom stereocenters. The standard InChI is InChI=1S/C23H22F2N6O3S/c1-2-5-35(33,34)31-18-4-3-17(24)19(20(18)25)21(32)16-11-30-23-15(16)7-14(10-29-23)13-6-12(8-26)22(27)28-9-13/h3-4,6-7,9-11,31H,2,5,8,26H2,1H3,(H2,27,28)(H,29,30). The van der Waals surface area contributed by atoms with Gasteiger partial charge in [-0.3, -0.25) is 9.52 Å². The normalized spacial score (nSPS) is 11.7. The van der Waals surface area contributed by atoms with Crippen molar-refractivity contribution in [1.82, 2.24) is 15.0 Å². The molecule has 0 saturated heterocycles. The lowest BCUT2D eigenvalue weighted by molar-refractivity contribution is 0.103. The predicted octanol–water partition coefficient (Wildman–Crippen LogP) is 3.33. The summed E-state index contributed by atoms with van der Waals surface area (Å²) in [4.78, 5) is 24.5. The number of ketones is 1. The summed E-state index contributed by atoms with van der Waals surface area (Å²) < 4.78 is 56.0. The van der Waals surface area contributed by atoms with Crippen LogP contribution in [-0.2, 0) is 16.6 Å². The number of anilines is 2. The first kappa shape index (κ1) is 24.2. The highest BCUT2D eigenvalue weighted by atomic mass is 32.2. The Bertz CT molecular complexity index is 1550. The number of nitrogen functional groups attached to an aromatic ring is 1. The number of fused-ring (bicyclic) bond motifs is 1. The Hall–Kier alpha value is -3.90. The van der Waals surface area contributed by atoms with Gasteiger partial charge in [0, 0.05) is 52.8 Å². The number of aromatic amines is 1. The van der Waals surface area contributed by atoms with Gasteiger partial charge in [-0.15, -0.1) is 0 Å². The van der Waals surface area contributed by atoms with Gasteiger partial charge in [-0.05, 0) is 30.7 Å². The Morgan fingerprint density at radius 1 is 1.14 bits per heavy atom. The number of pyridine rings is 2. The Labute approximate surface area is 199 Å². The van der Waals surface area contributed by atoms with E-state index in [1.165, 1.54) is 12.4 Å². The maximum absolute atomic E-state index is 15.2. The predicted molar refractivity (Wildman–Crippen MR) is 129 cm³/mol. The van der Waals surface area contributed by atoms with Crippen molar-refractivity contribution in [2.24, 2.45) is 5.73 Å². The number of halogens is 2. The number of nitrogens with two attached hydrogens (primary N) is 2. The third-order valence-electron chi connectivity index (χ3n) is 5.39. The first-order chi connectivity index (χ1) is 16.6. The van der Waals surface area contributed by atoms with Gasteiger partial charge in [-0.25, -0.2) is 27.2 Å². The van der Waals surface area contributed by atoms with Crippen molar-refractivity contribution in [3.8, 4) is 11.1 Å². The number of H-pyrrole nitrogens is 1. The van der Waals surface area contributed by atoms with E-state index in [1.54, 1.807) is 25.3 Å². The maximum Gasteiger partial charge on any atom is 0.232 e. The van der Waals surface area contributed by atoms with E-state index >= 15 is 4.39 Å². The van der Waals surface area contributed by atoms with Gasteiger partial charge in [0.15, 0.2) is 5.82 Å². The first-order valence-electron chi connectivity index (χ1n) is 10.6. The summed E-state index contributed by atoms with van der Waals surface area (Å²) in [6.45, 7) is 1.82. The van der Waals surface area contributed by atoms with Gasteiger partial charge in [-0.2, -0.15) is 0 Å². The molecule has 3 aromatic heterocycles. The lowest BCUT2D eigenvalue weighted by atomic mass is 10.00. The Morgan fingerprint density at radius 3 is 2.57 bits per heavy atom. The lowest BCUT2D eigenvalue weighted by Crippen LogP contribution is -2.18. The van der Waals surface area contributed by atoms with Gasteiger partial charge >= 0.3 is 0 Å². The summed E-state index contributed by atoms with van der Waals surface area (Å²) in [6, 6.07) is 5.15. The number of sulfonamides is 1. The molecule has 0 aliphatic rings. The third-order valence-corrected chi connectivity index (χ3v) is 6.86. The van der Waals surface area contributed by atoms with E-state index in [4.69, 9.17) is 11.5 Å². The summed E-state index contributed by atoms with van der Waals surface area (Å²) in [6.07, 6.45) is 4.66. The zero-order valence-electron chi connectivity index (χ0n) is 18.6. The van der Waals surface area contributed by atoms with Crippen LogP contribution in [0.2, 0.25) is 0 Å². The quantitative estimate of drug-likeness (QED) is 0.270. The summed E-state index contributed by atoms with van der Waals surface area (Å²) in [5.41, 5.74) is 12.2. The van der Waals surface area contributed by atoms with Crippen LogP contribution in [0.15, 0.2) is 42.9 Å². The van der Waals surface area contributed by atoms with Gasteiger partial charge in [-0.1, -0.05) is 6.92 Å². The van der Waals surface area contributed by atoms with E-state index in [0.29, 0.717) is 40.0 Å². The highest BCUT2D eigenvalue weighted by molar-refractivity contribution is 7.92. The molecule has 6 N–H and O–H groups in total. The Balaban J connectivity index is 1.78. The van der Waals surface area contributed by atoms with Crippen molar-refractivity contribution in [2.45, 2.75) is 19.9 Å². The molecule has 0 spiro atoms. The van der Waals surface area contributed by atoms with Crippen LogP contribution in [0.1, 0.15) is 34.8 Å². The largest absolute Gasteiger partial charge is 0.383 e. The van der Waals surface area contributed by atoms with E-state index in [-0.39, 0.29) is 17.9 Å². The minimum absolute atomic E-state index is 0.0387. The van der Waals surface area contributed by atoms with Crippen molar-refractivity contribution < 1.29 is 22.0 Å². The van der Waals surface area contributed by atoms with Gasteiger partial charge in [0.2, 0.25) is 15.8 Å². The van der Waals surface area contributed by atoms with Crippen molar-refractivity contribution >= 4 is 38.3 Å². The molecular weight excluding hydrogens is 478 g/mol. The number of carbonyl (C=O) groups is 1. The molecule has 0 radical (unpaired) electrons. The molecule has 4 aromatic rings. The average Bonchev–Trinajstić information content (AvgIpc) is 3.24. The molecular formula is C23H22F2N6O3S.